The van der Waals surface area contributed by atoms with Crippen LogP contribution >= 0.6 is 11.6 Å². The predicted octanol–water partition coefficient (Wildman–Crippen LogP) is 0.323. The summed E-state index contributed by atoms with van der Waals surface area (Å²) in [6.07, 6.45) is 1.43. The van der Waals surface area contributed by atoms with Crippen molar-refractivity contribution in [2.75, 3.05) is 49.2 Å². The highest BCUT2D eigenvalue weighted by atomic mass is 35.5. The number of nitrogens with zero attached hydrogens (tertiary/aromatic N) is 5. The molecule has 1 N–H and O–H groups in total. The summed E-state index contributed by atoms with van der Waals surface area (Å²) in [6, 6.07) is 0. The normalized spacial score (nSPS) is 24.0. The molecule has 1 aromatic rings. The first-order chi connectivity index (χ1) is 9.72. The van der Waals surface area contributed by atoms with Crippen LogP contribution in [-0.4, -0.2) is 65.6 Å². The fourth-order valence-electron chi connectivity index (χ4n) is 2.51. The van der Waals surface area contributed by atoms with Crippen molar-refractivity contribution in [3.8, 4) is 0 Å². The molecule has 0 aliphatic carbocycles. The lowest BCUT2D eigenvalue weighted by atomic mass is 10.1. The minimum atomic E-state index is -0.328. The molecule has 20 heavy (non-hydrogen) atoms. The number of hydrogen-bond acceptors (Lipinski definition) is 7. The number of morpholine rings is 1. The molecular formula is C12H18ClN5O2. The Morgan fingerprint density at radius 1 is 1.05 bits per heavy atom. The molecule has 2 aliphatic heterocycles. The first kappa shape index (κ1) is 13.8. The zero-order chi connectivity index (χ0) is 13.9. The van der Waals surface area contributed by atoms with E-state index in [0.717, 1.165) is 32.5 Å². The molecule has 1 unspecified atom stereocenters. The highest BCUT2D eigenvalue weighted by Crippen LogP contribution is 2.20. The molecule has 0 spiro atoms. The molecule has 2 saturated heterocycles. The van der Waals surface area contributed by atoms with Crippen LogP contribution in [0.2, 0.25) is 5.28 Å². The molecule has 0 saturated carbocycles. The average molecular weight is 300 g/mol. The van der Waals surface area contributed by atoms with Gasteiger partial charge in [0.1, 0.15) is 0 Å². The van der Waals surface area contributed by atoms with E-state index in [1.807, 2.05) is 9.80 Å². The maximum Gasteiger partial charge on any atom is 0.231 e. The quantitative estimate of drug-likeness (QED) is 0.843. The van der Waals surface area contributed by atoms with Gasteiger partial charge in [0.15, 0.2) is 0 Å². The van der Waals surface area contributed by atoms with Crippen LogP contribution in [0.5, 0.6) is 0 Å². The second kappa shape index (κ2) is 6.07. The molecule has 0 amide bonds. The van der Waals surface area contributed by atoms with E-state index in [1.165, 1.54) is 0 Å². The number of anilines is 2. The summed E-state index contributed by atoms with van der Waals surface area (Å²) >= 11 is 6.02. The fourth-order valence-corrected chi connectivity index (χ4v) is 2.66. The summed E-state index contributed by atoms with van der Waals surface area (Å²) in [4.78, 5) is 16.9. The first-order valence-corrected chi connectivity index (χ1v) is 7.27. The van der Waals surface area contributed by atoms with Crippen LogP contribution in [0.3, 0.4) is 0 Å². The molecule has 110 valence electrons. The Hall–Kier alpha value is -1.18. The van der Waals surface area contributed by atoms with Gasteiger partial charge in [-0.25, -0.2) is 0 Å². The number of hydrogen-bond donors (Lipinski definition) is 1. The Balaban J connectivity index is 1.82. The molecule has 8 heteroatoms. The van der Waals surface area contributed by atoms with E-state index in [4.69, 9.17) is 16.3 Å². The molecule has 2 fully saturated rings. The van der Waals surface area contributed by atoms with Crippen molar-refractivity contribution in [2.45, 2.75) is 18.9 Å². The lowest BCUT2D eigenvalue weighted by Gasteiger charge is -2.31. The third kappa shape index (κ3) is 3.11. The fraction of sp³-hybridized carbons (Fsp3) is 0.750. The molecule has 1 atom stereocenters. The highest BCUT2D eigenvalue weighted by molar-refractivity contribution is 6.28. The van der Waals surface area contributed by atoms with Gasteiger partial charge in [-0.15, -0.1) is 0 Å². The minimum absolute atomic E-state index is 0.191. The number of β-amino-alcohol motifs (C(OH)–C–C–N with tert-alkyl or cyclic N) is 1. The van der Waals surface area contributed by atoms with Gasteiger partial charge in [-0.2, -0.15) is 15.0 Å². The predicted molar refractivity (Wildman–Crippen MR) is 75.3 cm³/mol. The minimum Gasteiger partial charge on any atom is -0.391 e. The topological polar surface area (TPSA) is 74.6 Å². The van der Waals surface area contributed by atoms with E-state index in [0.29, 0.717) is 31.7 Å². The van der Waals surface area contributed by atoms with Crippen molar-refractivity contribution < 1.29 is 9.84 Å². The van der Waals surface area contributed by atoms with E-state index in [9.17, 15) is 5.11 Å². The molecule has 2 aliphatic rings. The molecule has 7 nitrogen and oxygen atoms in total. The summed E-state index contributed by atoms with van der Waals surface area (Å²) in [5.74, 6) is 1.13. The highest BCUT2D eigenvalue weighted by Gasteiger charge is 2.22. The van der Waals surface area contributed by atoms with Gasteiger partial charge in [0.05, 0.1) is 19.3 Å². The molecule has 1 aromatic heterocycles. The number of ether oxygens (including phenoxy) is 1. The molecule has 3 rings (SSSR count). The summed E-state index contributed by atoms with van der Waals surface area (Å²) in [6.45, 7) is 4.22. The number of aliphatic hydroxyl groups is 1. The van der Waals surface area contributed by atoms with Crippen LogP contribution in [0.25, 0.3) is 0 Å². The van der Waals surface area contributed by atoms with Gasteiger partial charge in [0, 0.05) is 26.2 Å². The largest absolute Gasteiger partial charge is 0.391 e. The average Bonchev–Trinajstić information content (AvgIpc) is 2.47. The number of rotatable bonds is 2. The monoisotopic (exact) mass is 299 g/mol. The smallest absolute Gasteiger partial charge is 0.231 e. The Morgan fingerprint density at radius 3 is 2.45 bits per heavy atom. The molecule has 0 radical (unpaired) electrons. The van der Waals surface area contributed by atoms with Gasteiger partial charge in [0.2, 0.25) is 17.2 Å². The van der Waals surface area contributed by atoms with Crippen molar-refractivity contribution in [1.29, 1.82) is 0 Å². The summed E-state index contributed by atoms with van der Waals surface area (Å²) < 4.78 is 5.32. The first-order valence-electron chi connectivity index (χ1n) is 6.89. The van der Waals surface area contributed by atoms with Crippen molar-refractivity contribution in [3.05, 3.63) is 5.28 Å². The van der Waals surface area contributed by atoms with E-state index in [2.05, 4.69) is 15.0 Å². The van der Waals surface area contributed by atoms with Crippen molar-refractivity contribution in [1.82, 2.24) is 15.0 Å². The molecule has 0 aromatic carbocycles. The van der Waals surface area contributed by atoms with Gasteiger partial charge in [-0.1, -0.05) is 0 Å². The maximum absolute atomic E-state index is 9.76. The van der Waals surface area contributed by atoms with Gasteiger partial charge in [0.25, 0.3) is 0 Å². The Morgan fingerprint density at radius 2 is 1.75 bits per heavy atom. The van der Waals surface area contributed by atoms with Gasteiger partial charge in [-0.05, 0) is 24.4 Å². The van der Waals surface area contributed by atoms with Gasteiger partial charge < -0.3 is 19.6 Å². The Labute approximate surface area is 122 Å². The third-order valence-electron chi connectivity index (χ3n) is 3.56. The zero-order valence-electron chi connectivity index (χ0n) is 11.2. The van der Waals surface area contributed by atoms with E-state index in [-0.39, 0.29) is 11.4 Å². The lowest BCUT2D eigenvalue weighted by molar-refractivity contribution is 0.122. The van der Waals surface area contributed by atoms with Gasteiger partial charge >= 0.3 is 0 Å². The van der Waals surface area contributed by atoms with Crippen LogP contribution in [0.4, 0.5) is 11.9 Å². The number of aromatic nitrogens is 3. The number of aliphatic hydroxyl groups excluding tert-OH is 1. The summed E-state index contributed by atoms with van der Waals surface area (Å²) in [5, 5.41) is 9.95. The van der Waals surface area contributed by atoms with Crippen molar-refractivity contribution in [3.63, 3.8) is 0 Å². The van der Waals surface area contributed by atoms with Crippen LogP contribution in [-0.2, 0) is 4.74 Å². The van der Waals surface area contributed by atoms with Crippen molar-refractivity contribution in [2.24, 2.45) is 0 Å². The summed E-state index contributed by atoms with van der Waals surface area (Å²) in [5.41, 5.74) is 0. The number of halogens is 1. The van der Waals surface area contributed by atoms with Crippen molar-refractivity contribution >= 4 is 23.5 Å². The second-order valence-electron chi connectivity index (χ2n) is 5.05. The van der Waals surface area contributed by atoms with Crippen LogP contribution < -0.4 is 9.80 Å². The van der Waals surface area contributed by atoms with E-state index < -0.39 is 0 Å². The van der Waals surface area contributed by atoms with Crippen LogP contribution in [0.15, 0.2) is 0 Å². The van der Waals surface area contributed by atoms with E-state index >= 15 is 0 Å². The Bertz CT molecular complexity index is 469. The van der Waals surface area contributed by atoms with E-state index in [1.54, 1.807) is 0 Å². The number of piperidine rings is 1. The lowest BCUT2D eigenvalue weighted by Crippen LogP contribution is -2.40. The Kier molecular flexibility index (Phi) is 4.18. The SMILES string of the molecule is OC1CCCN(c2nc(Cl)nc(N3CCOCC3)n2)C1. The molecular weight excluding hydrogens is 282 g/mol. The molecule has 0 bridgehead atoms. The summed E-state index contributed by atoms with van der Waals surface area (Å²) in [7, 11) is 0. The maximum atomic E-state index is 9.76. The zero-order valence-corrected chi connectivity index (χ0v) is 12.0. The standard InChI is InChI=1S/C12H18ClN5O2/c13-10-14-11(17-4-6-20-7-5-17)16-12(15-10)18-3-1-2-9(19)8-18/h9,19H,1-8H2. The third-order valence-corrected chi connectivity index (χ3v) is 3.73. The second-order valence-corrected chi connectivity index (χ2v) is 5.38. The molecule has 3 heterocycles. The van der Waals surface area contributed by atoms with Crippen LogP contribution in [0, 0.1) is 0 Å². The van der Waals surface area contributed by atoms with Crippen LogP contribution in [0.1, 0.15) is 12.8 Å². The van der Waals surface area contributed by atoms with Gasteiger partial charge in [-0.3, -0.25) is 0 Å².